The van der Waals surface area contributed by atoms with E-state index in [1.165, 1.54) is 6.42 Å². The van der Waals surface area contributed by atoms with Gasteiger partial charge in [-0.15, -0.1) is 0 Å². The zero-order valence-electron chi connectivity index (χ0n) is 19.8. The summed E-state index contributed by atoms with van der Waals surface area (Å²) in [7, 11) is 3.83. The van der Waals surface area contributed by atoms with Gasteiger partial charge in [0.1, 0.15) is 16.8 Å². The lowest BCUT2D eigenvalue weighted by atomic mass is 9.80. The average molecular weight is 479 g/mol. The van der Waals surface area contributed by atoms with Crippen LogP contribution < -0.4 is 10.5 Å². The molecule has 0 saturated heterocycles. The third kappa shape index (κ3) is 4.56. The van der Waals surface area contributed by atoms with Crippen LogP contribution in [0.4, 0.5) is 5.69 Å². The number of nitrogens with zero attached hydrogens (tertiary/aromatic N) is 4. The lowest BCUT2D eigenvalue weighted by Crippen LogP contribution is -2.38. The van der Waals surface area contributed by atoms with Gasteiger partial charge in [-0.1, -0.05) is 47.1 Å². The number of hydrogen-bond acceptors (Lipinski definition) is 5. The average Bonchev–Trinajstić information content (AvgIpc) is 2.83. The smallest absolute Gasteiger partial charge is 0.252 e. The second-order valence-corrected chi connectivity index (χ2v) is 9.93. The van der Waals surface area contributed by atoms with E-state index in [2.05, 4.69) is 46.4 Å². The molecular formula is C27H31ClN4O2. The summed E-state index contributed by atoms with van der Waals surface area (Å²) in [4.78, 5) is 25.3. The van der Waals surface area contributed by atoms with Gasteiger partial charge >= 0.3 is 0 Å². The number of aromatic nitrogens is 2. The zero-order valence-corrected chi connectivity index (χ0v) is 20.5. The van der Waals surface area contributed by atoms with Crippen LogP contribution in [0.15, 0.2) is 58.5 Å². The Morgan fingerprint density at radius 1 is 1.09 bits per heavy atom. The Labute approximate surface area is 205 Å². The van der Waals surface area contributed by atoms with Gasteiger partial charge in [-0.3, -0.25) is 4.79 Å². The standard InChI is InChI=1S/C27H31ClN4O2/c1-31(23-17-25(33)32(2)22-15-16-24(28)29-27(22)23)20-13-11-19(12-14-20)26(18-7-4-3-5-8-18)30-34-21-9-6-10-21/h3-5,7-8,15-17,19-21H,6,9-14H2,1-2H3/b30-26+/t19-,20-. The van der Waals surface area contributed by atoms with E-state index in [1.54, 1.807) is 23.7 Å². The molecule has 7 heteroatoms. The van der Waals surface area contributed by atoms with Crippen LogP contribution in [-0.2, 0) is 11.9 Å². The minimum Gasteiger partial charge on any atom is -0.392 e. The van der Waals surface area contributed by atoms with E-state index < -0.39 is 0 Å². The molecule has 6 nitrogen and oxygen atoms in total. The highest BCUT2D eigenvalue weighted by Crippen LogP contribution is 2.34. The number of halogens is 1. The Balaban J connectivity index is 1.36. The molecule has 5 rings (SSSR count). The molecule has 2 heterocycles. The van der Waals surface area contributed by atoms with E-state index in [1.807, 2.05) is 12.1 Å². The second-order valence-electron chi connectivity index (χ2n) is 9.55. The lowest BCUT2D eigenvalue weighted by molar-refractivity contribution is 0.00513. The van der Waals surface area contributed by atoms with Gasteiger partial charge in [0.15, 0.2) is 0 Å². The van der Waals surface area contributed by atoms with E-state index in [0.29, 0.717) is 17.1 Å². The normalized spacial score (nSPS) is 21.3. The van der Waals surface area contributed by atoms with Gasteiger partial charge < -0.3 is 14.3 Å². The second kappa shape index (κ2) is 9.79. The van der Waals surface area contributed by atoms with Crippen LogP contribution in [0, 0.1) is 5.92 Å². The van der Waals surface area contributed by atoms with E-state index in [4.69, 9.17) is 16.4 Å². The van der Waals surface area contributed by atoms with Crippen LogP contribution in [0.3, 0.4) is 0 Å². The highest BCUT2D eigenvalue weighted by molar-refractivity contribution is 6.29. The summed E-state index contributed by atoms with van der Waals surface area (Å²) in [6.07, 6.45) is 7.77. The summed E-state index contributed by atoms with van der Waals surface area (Å²) in [6, 6.07) is 16.0. The molecule has 1 aromatic carbocycles. The largest absolute Gasteiger partial charge is 0.392 e. The number of anilines is 1. The summed E-state index contributed by atoms with van der Waals surface area (Å²) in [5, 5.41) is 5.10. The third-order valence-corrected chi connectivity index (χ3v) is 7.68. The van der Waals surface area contributed by atoms with E-state index in [9.17, 15) is 4.79 Å². The van der Waals surface area contributed by atoms with Gasteiger partial charge in [0.25, 0.3) is 5.56 Å². The molecule has 2 aliphatic rings. The lowest BCUT2D eigenvalue weighted by Gasteiger charge is -2.36. The molecule has 34 heavy (non-hydrogen) atoms. The number of fused-ring (bicyclic) bond motifs is 1. The highest BCUT2D eigenvalue weighted by atomic mass is 35.5. The van der Waals surface area contributed by atoms with Crippen molar-refractivity contribution in [1.82, 2.24) is 9.55 Å². The summed E-state index contributed by atoms with van der Waals surface area (Å²) in [6.45, 7) is 0. The molecule has 3 aromatic rings. The van der Waals surface area contributed by atoms with Gasteiger partial charge in [-0.2, -0.15) is 0 Å². The molecule has 0 spiro atoms. The van der Waals surface area contributed by atoms with Gasteiger partial charge in [-0.05, 0) is 62.6 Å². The van der Waals surface area contributed by atoms with Crippen molar-refractivity contribution in [1.29, 1.82) is 0 Å². The molecule has 178 valence electrons. The molecule has 0 bridgehead atoms. The predicted molar refractivity (Wildman–Crippen MR) is 138 cm³/mol. The Hall–Kier alpha value is -2.86. The summed E-state index contributed by atoms with van der Waals surface area (Å²) in [5.74, 6) is 0.361. The third-order valence-electron chi connectivity index (χ3n) is 7.47. The van der Waals surface area contributed by atoms with Crippen LogP contribution in [0.2, 0.25) is 5.15 Å². The van der Waals surface area contributed by atoms with E-state index in [0.717, 1.165) is 66.5 Å². The van der Waals surface area contributed by atoms with Crippen molar-refractivity contribution in [3.05, 3.63) is 69.6 Å². The summed E-state index contributed by atoms with van der Waals surface area (Å²) in [5.41, 5.74) is 4.57. The zero-order chi connectivity index (χ0) is 23.7. The predicted octanol–water partition coefficient (Wildman–Crippen LogP) is 5.56. The Kier molecular flexibility index (Phi) is 6.59. The van der Waals surface area contributed by atoms with Crippen molar-refractivity contribution in [2.45, 2.75) is 57.1 Å². The monoisotopic (exact) mass is 478 g/mol. The van der Waals surface area contributed by atoms with E-state index >= 15 is 0 Å². The Morgan fingerprint density at radius 3 is 2.50 bits per heavy atom. The summed E-state index contributed by atoms with van der Waals surface area (Å²) >= 11 is 6.21. The first-order chi connectivity index (χ1) is 16.5. The van der Waals surface area contributed by atoms with Gasteiger partial charge in [0.2, 0.25) is 0 Å². The van der Waals surface area contributed by atoms with Crippen LogP contribution >= 0.6 is 11.6 Å². The topological polar surface area (TPSA) is 59.7 Å². The maximum absolute atomic E-state index is 12.6. The molecule has 0 unspecified atom stereocenters. The molecule has 0 N–H and O–H groups in total. The van der Waals surface area contributed by atoms with Crippen molar-refractivity contribution in [3.63, 3.8) is 0 Å². The van der Waals surface area contributed by atoms with Crippen LogP contribution in [0.5, 0.6) is 0 Å². The van der Waals surface area contributed by atoms with Crippen LogP contribution in [0.25, 0.3) is 11.0 Å². The number of oxime groups is 1. The molecule has 0 radical (unpaired) electrons. The summed E-state index contributed by atoms with van der Waals surface area (Å²) < 4.78 is 1.62. The molecule has 2 saturated carbocycles. The first kappa shape index (κ1) is 22.9. The van der Waals surface area contributed by atoms with Crippen molar-refractivity contribution in [2.75, 3.05) is 11.9 Å². The maximum Gasteiger partial charge on any atom is 0.252 e. The fourth-order valence-corrected chi connectivity index (χ4v) is 5.22. The van der Waals surface area contributed by atoms with Crippen molar-refractivity contribution in [2.24, 2.45) is 18.1 Å². The highest BCUT2D eigenvalue weighted by Gasteiger charge is 2.30. The molecule has 2 aromatic heterocycles. The first-order valence-electron chi connectivity index (χ1n) is 12.2. The van der Waals surface area contributed by atoms with Gasteiger partial charge in [-0.25, -0.2) is 4.98 Å². The molecule has 0 atom stereocenters. The Morgan fingerprint density at radius 2 is 1.82 bits per heavy atom. The number of pyridine rings is 2. The minimum atomic E-state index is -0.0428. The minimum absolute atomic E-state index is 0.0428. The molecular weight excluding hydrogens is 448 g/mol. The van der Waals surface area contributed by atoms with Gasteiger partial charge in [0, 0.05) is 32.1 Å². The number of benzene rings is 1. The first-order valence-corrected chi connectivity index (χ1v) is 12.6. The van der Waals surface area contributed by atoms with Crippen molar-refractivity contribution < 1.29 is 4.84 Å². The fourth-order valence-electron chi connectivity index (χ4n) is 5.07. The maximum atomic E-state index is 12.6. The molecule has 2 fully saturated rings. The molecule has 0 aliphatic heterocycles. The number of aryl methyl sites for hydroxylation is 1. The van der Waals surface area contributed by atoms with Crippen LogP contribution in [0.1, 0.15) is 50.5 Å². The van der Waals surface area contributed by atoms with Gasteiger partial charge in [0.05, 0.1) is 16.9 Å². The number of rotatable bonds is 6. The van der Waals surface area contributed by atoms with Crippen LogP contribution in [-0.4, -0.2) is 34.5 Å². The quantitative estimate of drug-likeness (QED) is 0.264. The molecule has 2 aliphatic carbocycles. The van der Waals surface area contributed by atoms with E-state index in [-0.39, 0.29) is 11.7 Å². The molecule has 0 amide bonds. The number of hydrogen-bond donors (Lipinski definition) is 0. The SMILES string of the molecule is Cn1c(=O)cc(N(C)[C@H]2CC[C@H](/C(=N/OC3CCC3)c3ccccc3)CC2)c2nc(Cl)ccc21. The van der Waals surface area contributed by atoms with Crippen molar-refractivity contribution >= 4 is 34.0 Å². The Bertz CT molecular complexity index is 1240. The van der Waals surface area contributed by atoms with Crippen molar-refractivity contribution in [3.8, 4) is 0 Å². The fraction of sp³-hybridized carbons (Fsp3) is 0.444.